The van der Waals surface area contributed by atoms with Crippen LogP contribution in [-0.4, -0.2) is 18.6 Å². The summed E-state index contributed by atoms with van der Waals surface area (Å²) in [7, 11) is 2.10. The molecule has 114 valence electrons. The van der Waals surface area contributed by atoms with Gasteiger partial charge in [-0.3, -0.25) is 0 Å². The van der Waals surface area contributed by atoms with Crippen molar-refractivity contribution in [3.8, 4) is 0 Å². The number of aromatic nitrogens is 1. The Morgan fingerprint density at radius 3 is 2.95 bits per heavy atom. The van der Waals surface area contributed by atoms with Gasteiger partial charge in [0, 0.05) is 31.4 Å². The van der Waals surface area contributed by atoms with E-state index in [9.17, 15) is 0 Å². The minimum atomic E-state index is 0.310. The van der Waals surface area contributed by atoms with Gasteiger partial charge in [-0.2, -0.15) is 0 Å². The maximum absolute atomic E-state index is 4.59. The Labute approximate surface area is 139 Å². The molecule has 0 aliphatic rings. The number of nitrogens with zero attached hydrogens (tertiary/aromatic N) is 2. The summed E-state index contributed by atoms with van der Waals surface area (Å²) in [6, 6.07) is 6.65. The summed E-state index contributed by atoms with van der Waals surface area (Å²) in [6.45, 7) is 6.28. The molecule has 0 spiro atoms. The van der Waals surface area contributed by atoms with Gasteiger partial charge in [0.05, 0.1) is 3.79 Å². The zero-order valence-electron chi connectivity index (χ0n) is 12.8. The van der Waals surface area contributed by atoms with Crippen LogP contribution in [0.5, 0.6) is 0 Å². The van der Waals surface area contributed by atoms with Crippen LogP contribution < -0.4 is 10.2 Å². The topological polar surface area (TPSA) is 28.2 Å². The molecule has 2 heterocycles. The zero-order valence-corrected chi connectivity index (χ0v) is 15.2. The van der Waals surface area contributed by atoms with Crippen molar-refractivity contribution in [2.45, 2.75) is 32.9 Å². The molecule has 1 N–H and O–H groups in total. The number of hydrogen-bond acceptors (Lipinski definition) is 4. The Kier molecular flexibility index (Phi) is 6.21. The minimum absolute atomic E-state index is 0.310. The molecule has 0 radical (unpaired) electrons. The van der Waals surface area contributed by atoms with Crippen molar-refractivity contribution in [3.63, 3.8) is 0 Å². The SMILES string of the molecule is CCCNC(C)c1cccnc1N(C)Cc1csc(Br)c1. The van der Waals surface area contributed by atoms with Crippen LogP contribution in [0.3, 0.4) is 0 Å². The summed E-state index contributed by atoms with van der Waals surface area (Å²) in [6.07, 6.45) is 3.00. The Hall–Kier alpha value is -0.910. The Morgan fingerprint density at radius 1 is 1.48 bits per heavy atom. The number of nitrogens with one attached hydrogen (secondary N) is 1. The van der Waals surface area contributed by atoms with E-state index < -0.39 is 0 Å². The lowest BCUT2D eigenvalue weighted by Gasteiger charge is -2.24. The first-order valence-electron chi connectivity index (χ1n) is 7.24. The fourth-order valence-corrected chi connectivity index (χ4v) is 3.51. The predicted molar refractivity (Wildman–Crippen MR) is 95.1 cm³/mol. The lowest BCUT2D eigenvalue weighted by Crippen LogP contribution is -2.24. The van der Waals surface area contributed by atoms with E-state index in [-0.39, 0.29) is 0 Å². The third-order valence-corrected chi connectivity index (χ3v) is 4.94. The van der Waals surface area contributed by atoms with Gasteiger partial charge >= 0.3 is 0 Å². The summed E-state index contributed by atoms with van der Waals surface area (Å²) in [5.74, 6) is 1.05. The molecule has 0 aromatic carbocycles. The second-order valence-electron chi connectivity index (χ2n) is 5.21. The fraction of sp³-hybridized carbons (Fsp3) is 0.438. The van der Waals surface area contributed by atoms with E-state index in [1.165, 1.54) is 14.9 Å². The maximum atomic E-state index is 4.59. The third-order valence-electron chi connectivity index (χ3n) is 3.39. The van der Waals surface area contributed by atoms with Gasteiger partial charge in [-0.15, -0.1) is 11.3 Å². The normalized spacial score (nSPS) is 12.4. The number of hydrogen-bond donors (Lipinski definition) is 1. The van der Waals surface area contributed by atoms with Crippen LogP contribution >= 0.6 is 27.3 Å². The molecule has 0 bridgehead atoms. The van der Waals surface area contributed by atoms with Gasteiger partial charge in [0.1, 0.15) is 5.82 Å². The van der Waals surface area contributed by atoms with E-state index in [1.807, 2.05) is 12.3 Å². The molecule has 0 saturated heterocycles. The summed E-state index contributed by atoms with van der Waals surface area (Å²) < 4.78 is 1.17. The van der Waals surface area contributed by atoms with E-state index in [0.717, 1.165) is 25.3 Å². The summed E-state index contributed by atoms with van der Waals surface area (Å²) in [4.78, 5) is 6.80. The molecule has 0 aliphatic carbocycles. The number of halogens is 1. The summed E-state index contributed by atoms with van der Waals surface area (Å²) in [5.41, 5.74) is 2.56. The van der Waals surface area contributed by atoms with Crippen molar-refractivity contribution in [1.82, 2.24) is 10.3 Å². The van der Waals surface area contributed by atoms with Crippen LogP contribution in [0.15, 0.2) is 33.6 Å². The van der Waals surface area contributed by atoms with Crippen molar-refractivity contribution >= 4 is 33.1 Å². The number of pyridine rings is 1. The van der Waals surface area contributed by atoms with Crippen molar-refractivity contribution in [3.05, 3.63) is 44.7 Å². The fourth-order valence-electron chi connectivity index (χ4n) is 2.31. The highest BCUT2D eigenvalue weighted by molar-refractivity contribution is 9.11. The van der Waals surface area contributed by atoms with E-state index in [1.54, 1.807) is 11.3 Å². The Morgan fingerprint density at radius 2 is 2.29 bits per heavy atom. The average molecular weight is 368 g/mol. The highest BCUT2D eigenvalue weighted by Gasteiger charge is 2.14. The van der Waals surface area contributed by atoms with Gasteiger partial charge in [0.2, 0.25) is 0 Å². The predicted octanol–water partition coefficient (Wildman–Crippen LogP) is 4.60. The molecular formula is C16H22BrN3S. The zero-order chi connectivity index (χ0) is 15.2. The van der Waals surface area contributed by atoms with Crippen LogP contribution in [0.25, 0.3) is 0 Å². The van der Waals surface area contributed by atoms with E-state index >= 15 is 0 Å². The monoisotopic (exact) mass is 367 g/mol. The summed E-state index contributed by atoms with van der Waals surface area (Å²) in [5, 5.41) is 5.72. The highest BCUT2D eigenvalue weighted by atomic mass is 79.9. The lowest BCUT2D eigenvalue weighted by molar-refractivity contribution is 0.568. The second-order valence-corrected chi connectivity index (χ2v) is 7.50. The van der Waals surface area contributed by atoms with Crippen molar-refractivity contribution in [2.24, 2.45) is 0 Å². The third kappa shape index (κ3) is 4.53. The van der Waals surface area contributed by atoms with Crippen LogP contribution in [0.2, 0.25) is 0 Å². The van der Waals surface area contributed by atoms with Crippen molar-refractivity contribution < 1.29 is 0 Å². The molecule has 3 nitrogen and oxygen atoms in total. The van der Waals surface area contributed by atoms with E-state index in [4.69, 9.17) is 0 Å². The number of rotatable bonds is 7. The standard InChI is InChI=1S/C16H22BrN3S/c1-4-7-18-12(2)14-6-5-8-19-16(14)20(3)10-13-9-15(17)21-11-13/h5-6,8-9,11-12,18H,4,7,10H2,1-3H3. The smallest absolute Gasteiger partial charge is 0.133 e. The molecule has 21 heavy (non-hydrogen) atoms. The van der Waals surface area contributed by atoms with Crippen LogP contribution in [0.4, 0.5) is 5.82 Å². The molecule has 0 saturated carbocycles. The van der Waals surface area contributed by atoms with Crippen molar-refractivity contribution in [1.29, 1.82) is 0 Å². The molecular weight excluding hydrogens is 346 g/mol. The molecule has 5 heteroatoms. The first-order chi connectivity index (χ1) is 10.1. The first-order valence-corrected chi connectivity index (χ1v) is 8.91. The molecule has 0 amide bonds. The number of anilines is 1. The Bertz CT molecular complexity index is 570. The molecule has 2 aromatic rings. The van der Waals surface area contributed by atoms with Gasteiger partial charge in [0.25, 0.3) is 0 Å². The van der Waals surface area contributed by atoms with Crippen LogP contribution in [0, 0.1) is 0 Å². The second kappa shape index (κ2) is 7.92. The molecule has 0 fully saturated rings. The molecule has 2 aromatic heterocycles. The van der Waals surface area contributed by atoms with Gasteiger partial charge in [0.15, 0.2) is 0 Å². The van der Waals surface area contributed by atoms with Gasteiger partial charge in [-0.05, 0) is 58.9 Å². The van der Waals surface area contributed by atoms with E-state index in [0.29, 0.717) is 6.04 Å². The van der Waals surface area contributed by atoms with Gasteiger partial charge in [-0.1, -0.05) is 13.0 Å². The first kappa shape index (κ1) is 16.5. The molecule has 1 unspecified atom stereocenters. The van der Waals surface area contributed by atoms with Crippen molar-refractivity contribution in [2.75, 3.05) is 18.5 Å². The minimum Gasteiger partial charge on any atom is -0.355 e. The van der Waals surface area contributed by atoms with Crippen LogP contribution in [0.1, 0.15) is 37.4 Å². The van der Waals surface area contributed by atoms with Crippen LogP contribution in [-0.2, 0) is 6.54 Å². The Balaban J connectivity index is 2.14. The van der Waals surface area contributed by atoms with Gasteiger partial charge < -0.3 is 10.2 Å². The lowest BCUT2D eigenvalue weighted by atomic mass is 10.1. The van der Waals surface area contributed by atoms with E-state index in [2.05, 4.69) is 69.5 Å². The molecule has 2 rings (SSSR count). The largest absolute Gasteiger partial charge is 0.355 e. The highest BCUT2D eigenvalue weighted by Crippen LogP contribution is 2.26. The summed E-state index contributed by atoms with van der Waals surface area (Å²) >= 11 is 5.24. The quantitative estimate of drug-likeness (QED) is 0.774. The number of thiophene rings is 1. The molecule has 0 aliphatic heterocycles. The average Bonchev–Trinajstić information content (AvgIpc) is 2.89. The molecule has 1 atom stereocenters. The maximum Gasteiger partial charge on any atom is 0.133 e. The van der Waals surface area contributed by atoms with Gasteiger partial charge in [-0.25, -0.2) is 4.98 Å².